The molecule has 0 atom stereocenters. The Morgan fingerprint density at radius 1 is 1.16 bits per heavy atom. The summed E-state index contributed by atoms with van der Waals surface area (Å²) in [6.45, 7) is 0. The van der Waals surface area contributed by atoms with Crippen LogP contribution in [0.2, 0.25) is 0 Å². The Morgan fingerprint density at radius 2 is 1.95 bits per heavy atom. The third-order valence-electron chi connectivity index (χ3n) is 2.50. The SMILES string of the molecule is O=C(O)c1cccc(S(=O)(=O)Cc2ccccn2)c1. The van der Waals surface area contributed by atoms with Gasteiger partial charge in [-0.3, -0.25) is 4.98 Å². The lowest BCUT2D eigenvalue weighted by atomic mass is 10.2. The first-order valence-corrected chi connectivity index (χ1v) is 7.10. The van der Waals surface area contributed by atoms with Crippen LogP contribution in [0.3, 0.4) is 0 Å². The fraction of sp³-hybridized carbons (Fsp3) is 0.0769. The summed E-state index contributed by atoms with van der Waals surface area (Å²) in [7, 11) is -3.60. The fourth-order valence-corrected chi connectivity index (χ4v) is 2.90. The van der Waals surface area contributed by atoms with Crippen LogP contribution in [0.1, 0.15) is 16.1 Å². The van der Waals surface area contributed by atoms with Crippen LogP contribution in [0.4, 0.5) is 0 Å². The van der Waals surface area contributed by atoms with Crippen molar-refractivity contribution in [2.45, 2.75) is 10.6 Å². The van der Waals surface area contributed by atoms with E-state index < -0.39 is 15.8 Å². The second-order valence-corrected chi connectivity index (χ2v) is 5.90. The Labute approximate surface area is 110 Å². The van der Waals surface area contributed by atoms with Crippen LogP contribution < -0.4 is 0 Å². The number of benzene rings is 1. The number of hydrogen-bond acceptors (Lipinski definition) is 4. The van der Waals surface area contributed by atoms with Crippen molar-refractivity contribution in [2.75, 3.05) is 0 Å². The van der Waals surface area contributed by atoms with Gasteiger partial charge in [0.15, 0.2) is 9.84 Å². The van der Waals surface area contributed by atoms with E-state index in [4.69, 9.17) is 5.11 Å². The summed E-state index contributed by atoms with van der Waals surface area (Å²) < 4.78 is 24.3. The maximum absolute atomic E-state index is 12.1. The fourth-order valence-electron chi connectivity index (χ4n) is 1.58. The second-order valence-electron chi connectivity index (χ2n) is 3.91. The van der Waals surface area contributed by atoms with Gasteiger partial charge >= 0.3 is 5.97 Å². The van der Waals surface area contributed by atoms with Gasteiger partial charge in [0.05, 0.1) is 21.9 Å². The zero-order valence-electron chi connectivity index (χ0n) is 9.85. The molecular formula is C13H11NO4S. The lowest BCUT2D eigenvalue weighted by Crippen LogP contribution is -2.07. The first-order valence-electron chi connectivity index (χ1n) is 5.45. The molecule has 0 bridgehead atoms. The van der Waals surface area contributed by atoms with Crippen molar-refractivity contribution < 1.29 is 18.3 Å². The number of carboxylic acids is 1. The smallest absolute Gasteiger partial charge is 0.335 e. The van der Waals surface area contributed by atoms with Gasteiger partial charge in [-0.05, 0) is 30.3 Å². The Morgan fingerprint density at radius 3 is 2.58 bits per heavy atom. The largest absolute Gasteiger partial charge is 0.478 e. The maximum atomic E-state index is 12.1. The van der Waals surface area contributed by atoms with Crippen molar-refractivity contribution >= 4 is 15.8 Å². The highest BCUT2D eigenvalue weighted by Gasteiger charge is 2.17. The molecule has 0 aliphatic heterocycles. The first kappa shape index (κ1) is 13.2. The summed E-state index contributed by atoms with van der Waals surface area (Å²) in [5, 5.41) is 8.86. The highest BCUT2D eigenvalue weighted by Crippen LogP contribution is 2.16. The van der Waals surface area contributed by atoms with Crippen molar-refractivity contribution in [3.63, 3.8) is 0 Å². The number of sulfone groups is 1. The van der Waals surface area contributed by atoms with Gasteiger partial charge in [0.2, 0.25) is 0 Å². The van der Waals surface area contributed by atoms with E-state index in [0.29, 0.717) is 5.69 Å². The van der Waals surface area contributed by atoms with E-state index in [2.05, 4.69) is 4.98 Å². The third-order valence-corrected chi connectivity index (χ3v) is 4.15. The van der Waals surface area contributed by atoms with E-state index in [-0.39, 0.29) is 16.2 Å². The standard InChI is InChI=1S/C13H11NO4S/c15-13(16)10-4-3-6-12(8-10)19(17,18)9-11-5-1-2-7-14-11/h1-8H,9H2,(H,15,16). The zero-order valence-corrected chi connectivity index (χ0v) is 10.7. The lowest BCUT2D eigenvalue weighted by molar-refractivity contribution is 0.0696. The summed E-state index contributed by atoms with van der Waals surface area (Å²) in [6, 6.07) is 10.3. The maximum Gasteiger partial charge on any atom is 0.335 e. The molecule has 1 N–H and O–H groups in total. The summed E-state index contributed by atoms with van der Waals surface area (Å²) in [4.78, 5) is 14.8. The minimum absolute atomic E-state index is 0.0157. The van der Waals surface area contributed by atoms with Gasteiger partial charge < -0.3 is 5.11 Å². The molecule has 0 spiro atoms. The summed E-state index contributed by atoms with van der Waals surface area (Å²) in [5.41, 5.74) is 0.366. The molecule has 0 amide bonds. The average molecular weight is 277 g/mol. The normalized spacial score (nSPS) is 11.2. The Bertz CT molecular complexity index is 696. The molecule has 0 fully saturated rings. The van der Waals surface area contributed by atoms with E-state index in [0.717, 1.165) is 6.07 Å². The molecule has 0 aliphatic rings. The molecule has 0 saturated carbocycles. The number of rotatable bonds is 4. The van der Waals surface area contributed by atoms with E-state index >= 15 is 0 Å². The minimum atomic E-state index is -3.60. The van der Waals surface area contributed by atoms with Crippen LogP contribution in [0.5, 0.6) is 0 Å². The van der Waals surface area contributed by atoms with E-state index in [1.54, 1.807) is 18.2 Å². The highest BCUT2D eigenvalue weighted by molar-refractivity contribution is 7.90. The van der Waals surface area contributed by atoms with Crippen molar-refractivity contribution in [3.05, 3.63) is 59.9 Å². The number of carboxylic acid groups (broad SMARTS) is 1. The van der Waals surface area contributed by atoms with Gasteiger partial charge in [-0.15, -0.1) is 0 Å². The van der Waals surface area contributed by atoms with E-state index in [1.807, 2.05) is 0 Å². The highest BCUT2D eigenvalue weighted by atomic mass is 32.2. The Balaban J connectivity index is 2.35. The molecule has 1 aromatic heterocycles. The molecular weight excluding hydrogens is 266 g/mol. The minimum Gasteiger partial charge on any atom is -0.478 e. The molecule has 0 radical (unpaired) electrons. The van der Waals surface area contributed by atoms with Crippen LogP contribution in [-0.2, 0) is 15.6 Å². The van der Waals surface area contributed by atoms with Crippen LogP contribution >= 0.6 is 0 Å². The van der Waals surface area contributed by atoms with Crippen LogP contribution in [0, 0.1) is 0 Å². The molecule has 19 heavy (non-hydrogen) atoms. The van der Waals surface area contributed by atoms with Gasteiger partial charge in [-0.2, -0.15) is 0 Å². The Kier molecular flexibility index (Phi) is 3.62. The molecule has 2 rings (SSSR count). The summed E-state index contributed by atoms with van der Waals surface area (Å²) >= 11 is 0. The van der Waals surface area contributed by atoms with Crippen LogP contribution in [-0.4, -0.2) is 24.5 Å². The van der Waals surface area contributed by atoms with Gasteiger partial charge in [-0.1, -0.05) is 12.1 Å². The molecule has 5 nitrogen and oxygen atoms in total. The molecule has 98 valence electrons. The summed E-state index contributed by atoms with van der Waals surface area (Å²) in [6.07, 6.45) is 1.51. The van der Waals surface area contributed by atoms with E-state index in [1.165, 1.54) is 24.4 Å². The van der Waals surface area contributed by atoms with Gasteiger partial charge in [0.25, 0.3) is 0 Å². The van der Waals surface area contributed by atoms with Crippen LogP contribution in [0.15, 0.2) is 53.6 Å². The van der Waals surface area contributed by atoms with Crippen molar-refractivity contribution in [2.24, 2.45) is 0 Å². The topological polar surface area (TPSA) is 84.3 Å². The number of aromatic nitrogens is 1. The van der Waals surface area contributed by atoms with Crippen molar-refractivity contribution in [1.29, 1.82) is 0 Å². The molecule has 0 aliphatic carbocycles. The zero-order chi connectivity index (χ0) is 13.9. The number of hydrogen-bond donors (Lipinski definition) is 1. The molecule has 0 saturated heterocycles. The third kappa shape index (κ3) is 3.17. The number of aromatic carboxylic acids is 1. The monoisotopic (exact) mass is 277 g/mol. The molecule has 0 unspecified atom stereocenters. The molecule has 6 heteroatoms. The predicted molar refractivity (Wildman–Crippen MR) is 68.5 cm³/mol. The second kappa shape index (κ2) is 5.19. The van der Waals surface area contributed by atoms with E-state index in [9.17, 15) is 13.2 Å². The first-order chi connectivity index (χ1) is 8.99. The lowest BCUT2D eigenvalue weighted by Gasteiger charge is -2.05. The van der Waals surface area contributed by atoms with Gasteiger partial charge in [0, 0.05) is 6.20 Å². The number of carbonyl (C=O) groups is 1. The number of pyridine rings is 1. The quantitative estimate of drug-likeness (QED) is 0.920. The molecule has 2 aromatic rings. The molecule has 1 heterocycles. The van der Waals surface area contributed by atoms with Crippen LogP contribution in [0.25, 0.3) is 0 Å². The van der Waals surface area contributed by atoms with Gasteiger partial charge in [0.1, 0.15) is 0 Å². The average Bonchev–Trinajstić information content (AvgIpc) is 2.39. The van der Waals surface area contributed by atoms with Crippen molar-refractivity contribution in [3.8, 4) is 0 Å². The Hall–Kier alpha value is -2.21. The summed E-state index contributed by atoms with van der Waals surface area (Å²) in [5.74, 6) is -1.41. The molecule has 1 aromatic carbocycles. The number of nitrogens with zero attached hydrogens (tertiary/aromatic N) is 1. The van der Waals surface area contributed by atoms with Gasteiger partial charge in [-0.25, -0.2) is 13.2 Å². The predicted octanol–water partition coefficient (Wildman–Crippen LogP) is 1.75. The van der Waals surface area contributed by atoms with Crippen molar-refractivity contribution in [1.82, 2.24) is 4.98 Å².